The summed E-state index contributed by atoms with van der Waals surface area (Å²) < 4.78 is 0.948. The average molecular weight is 368 g/mol. The Labute approximate surface area is 137 Å². The number of halogens is 1. The lowest BCUT2D eigenvalue weighted by Gasteiger charge is -2.07. The van der Waals surface area contributed by atoms with E-state index in [0.29, 0.717) is 6.54 Å². The number of hydrogen-bond acceptors (Lipinski definition) is 5. The zero-order chi connectivity index (χ0) is 16.1. The molecule has 0 spiro atoms. The Morgan fingerprint density at radius 2 is 2.00 bits per heavy atom. The molecule has 0 aliphatic rings. The Kier molecular flexibility index (Phi) is 5.51. The molecule has 0 bridgehead atoms. The van der Waals surface area contributed by atoms with E-state index in [1.165, 1.54) is 4.80 Å². The van der Waals surface area contributed by atoms with Crippen LogP contribution in [-0.4, -0.2) is 51.6 Å². The summed E-state index contributed by atoms with van der Waals surface area (Å²) in [6.07, 6.45) is 0.846. The zero-order valence-electron chi connectivity index (χ0n) is 12.5. The molecule has 0 aliphatic heterocycles. The molecule has 2 rings (SSSR count). The molecule has 0 amide bonds. The molecule has 22 heavy (non-hydrogen) atoms. The van der Waals surface area contributed by atoms with Crippen LogP contribution in [0.5, 0.6) is 0 Å². The lowest BCUT2D eigenvalue weighted by Crippen LogP contribution is -2.16. The topological polar surface area (TPSA) is 83.3 Å². The highest BCUT2D eigenvalue weighted by Crippen LogP contribution is 2.20. The van der Waals surface area contributed by atoms with Gasteiger partial charge in [-0.15, -0.1) is 10.2 Å². The molecule has 118 valence electrons. The highest BCUT2D eigenvalue weighted by Gasteiger charge is 2.18. The first-order valence-corrected chi connectivity index (χ1v) is 7.61. The van der Waals surface area contributed by atoms with E-state index in [2.05, 4.69) is 36.3 Å². The number of aromatic carboxylic acids is 1. The first-order valence-electron chi connectivity index (χ1n) is 6.81. The minimum atomic E-state index is -1.10. The molecule has 0 radical (unpaired) electrons. The highest BCUT2D eigenvalue weighted by atomic mass is 79.9. The number of carboxylic acid groups (broad SMARTS) is 1. The van der Waals surface area contributed by atoms with Gasteiger partial charge in [-0.2, -0.15) is 4.80 Å². The number of aromatic nitrogens is 3. The third-order valence-corrected chi connectivity index (χ3v) is 3.46. The lowest BCUT2D eigenvalue weighted by atomic mass is 10.3. The number of anilines is 2. The average Bonchev–Trinajstić information content (AvgIpc) is 2.84. The van der Waals surface area contributed by atoms with Crippen LogP contribution >= 0.6 is 15.9 Å². The van der Waals surface area contributed by atoms with Gasteiger partial charge in [-0.3, -0.25) is 0 Å². The quantitative estimate of drug-likeness (QED) is 0.781. The van der Waals surface area contributed by atoms with Crippen molar-refractivity contribution in [1.82, 2.24) is 19.9 Å². The van der Waals surface area contributed by atoms with Crippen molar-refractivity contribution in [2.24, 2.45) is 0 Å². The van der Waals surface area contributed by atoms with Crippen molar-refractivity contribution in [3.05, 3.63) is 34.4 Å². The molecule has 8 heteroatoms. The normalized spacial score (nSPS) is 10.9. The highest BCUT2D eigenvalue weighted by molar-refractivity contribution is 9.10. The fourth-order valence-corrected chi connectivity index (χ4v) is 2.14. The van der Waals surface area contributed by atoms with Crippen molar-refractivity contribution in [2.75, 3.05) is 26.0 Å². The summed E-state index contributed by atoms with van der Waals surface area (Å²) in [5.74, 6) is -0.849. The summed E-state index contributed by atoms with van der Waals surface area (Å²) in [6.45, 7) is 1.46. The maximum atomic E-state index is 11.3. The van der Waals surface area contributed by atoms with Gasteiger partial charge >= 0.3 is 5.97 Å². The van der Waals surface area contributed by atoms with Crippen LogP contribution in [0.3, 0.4) is 0 Å². The fourth-order valence-electron chi connectivity index (χ4n) is 1.87. The number of hydrogen-bond donors (Lipinski definition) is 2. The Hall–Kier alpha value is -1.93. The largest absolute Gasteiger partial charge is 0.476 e. The van der Waals surface area contributed by atoms with Gasteiger partial charge < -0.3 is 15.3 Å². The summed E-state index contributed by atoms with van der Waals surface area (Å²) in [6, 6.07) is 7.40. The molecule has 2 aromatic rings. The van der Waals surface area contributed by atoms with Crippen molar-refractivity contribution in [3.63, 3.8) is 0 Å². The number of carbonyl (C=O) groups is 1. The third kappa shape index (κ3) is 4.54. The zero-order valence-corrected chi connectivity index (χ0v) is 14.0. The Balaban J connectivity index is 2.13. The number of benzene rings is 1. The van der Waals surface area contributed by atoms with Crippen LogP contribution in [0.4, 0.5) is 11.5 Å². The second-order valence-corrected chi connectivity index (χ2v) is 6.00. The van der Waals surface area contributed by atoms with Gasteiger partial charge in [0, 0.05) is 10.2 Å². The van der Waals surface area contributed by atoms with Crippen LogP contribution in [0, 0.1) is 0 Å². The SMILES string of the molecule is CN(C)CCCn1nc(Nc2ccc(Br)cc2)c(C(=O)O)n1. The van der Waals surface area contributed by atoms with Gasteiger partial charge in [-0.1, -0.05) is 15.9 Å². The van der Waals surface area contributed by atoms with Crippen molar-refractivity contribution < 1.29 is 9.90 Å². The molecular weight excluding hydrogens is 350 g/mol. The van der Waals surface area contributed by atoms with Crippen LogP contribution in [0.1, 0.15) is 16.9 Å². The minimum Gasteiger partial charge on any atom is -0.476 e. The maximum Gasteiger partial charge on any atom is 0.360 e. The van der Waals surface area contributed by atoms with Gasteiger partial charge in [0.25, 0.3) is 0 Å². The van der Waals surface area contributed by atoms with E-state index in [0.717, 1.165) is 23.1 Å². The van der Waals surface area contributed by atoms with Gasteiger partial charge in [0.15, 0.2) is 5.82 Å². The van der Waals surface area contributed by atoms with Crippen LogP contribution in [-0.2, 0) is 6.54 Å². The van der Waals surface area contributed by atoms with Crippen LogP contribution in [0.15, 0.2) is 28.7 Å². The summed E-state index contributed by atoms with van der Waals surface area (Å²) >= 11 is 3.35. The second-order valence-electron chi connectivity index (χ2n) is 5.09. The minimum absolute atomic E-state index is 0.0761. The Bertz CT molecular complexity index is 639. The van der Waals surface area contributed by atoms with Gasteiger partial charge in [-0.05, 0) is 51.3 Å². The standard InChI is InChI=1S/C14H18BrN5O2/c1-19(2)8-3-9-20-17-12(14(21)22)13(18-20)16-11-6-4-10(15)5-7-11/h4-7H,3,8-9H2,1-2H3,(H,16,18)(H,21,22). The molecule has 0 fully saturated rings. The Morgan fingerprint density at radius 1 is 1.32 bits per heavy atom. The molecule has 1 aromatic carbocycles. The second kappa shape index (κ2) is 7.37. The molecule has 0 aliphatic carbocycles. The van der Waals surface area contributed by atoms with Crippen molar-refractivity contribution >= 4 is 33.4 Å². The lowest BCUT2D eigenvalue weighted by molar-refractivity contribution is 0.0690. The van der Waals surface area contributed by atoms with Crippen LogP contribution < -0.4 is 5.32 Å². The van der Waals surface area contributed by atoms with E-state index in [4.69, 9.17) is 0 Å². The Morgan fingerprint density at radius 3 is 2.59 bits per heavy atom. The van der Waals surface area contributed by atoms with Crippen LogP contribution in [0.25, 0.3) is 0 Å². The van der Waals surface area contributed by atoms with E-state index >= 15 is 0 Å². The van der Waals surface area contributed by atoms with E-state index in [1.807, 2.05) is 38.4 Å². The molecule has 0 atom stereocenters. The number of nitrogens with one attached hydrogen (secondary N) is 1. The number of rotatable bonds is 7. The van der Waals surface area contributed by atoms with Gasteiger partial charge in [0.2, 0.25) is 5.69 Å². The van der Waals surface area contributed by atoms with E-state index in [1.54, 1.807) is 0 Å². The molecule has 1 heterocycles. The van der Waals surface area contributed by atoms with Gasteiger partial charge in [0.05, 0.1) is 6.54 Å². The number of nitrogens with zero attached hydrogens (tertiary/aromatic N) is 4. The fraction of sp³-hybridized carbons (Fsp3) is 0.357. The van der Waals surface area contributed by atoms with Crippen molar-refractivity contribution in [3.8, 4) is 0 Å². The predicted molar refractivity (Wildman–Crippen MR) is 87.6 cm³/mol. The molecule has 1 aromatic heterocycles. The smallest absolute Gasteiger partial charge is 0.360 e. The van der Waals surface area contributed by atoms with Crippen molar-refractivity contribution in [1.29, 1.82) is 0 Å². The summed E-state index contributed by atoms with van der Waals surface area (Å²) in [5.41, 5.74) is 0.679. The predicted octanol–water partition coefficient (Wildman–Crippen LogP) is 2.43. The van der Waals surface area contributed by atoms with Gasteiger partial charge in [-0.25, -0.2) is 4.79 Å². The first kappa shape index (κ1) is 16.4. The molecular formula is C14H18BrN5O2. The summed E-state index contributed by atoms with van der Waals surface area (Å²) in [4.78, 5) is 14.8. The first-order chi connectivity index (χ1) is 10.5. The monoisotopic (exact) mass is 367 g/mol. The molecule has 0 saturated carbocycles. The molecule has 7 nitrogen and oxygen atoms in total. The number of aryl methyl sites for hydroxylation is 1. The molecule has 0 saturated heterocycles. The number of carboxylic acids is 1. The molecule has 2 N–H and O–H groups in total. The van der Waals surface area contributed by atoms with E-state index in [-0.39, 0.29) is 11.5 Å². The molecule has 0 unspecified atom stereocenters. The van der Waals surface area contributed by atoms with Gasteiger partial charge in [0.1, 0.15) is 0 Å². The van der Waals surface area contributed by atoms with Crippen molar-refractivity contribution in [2.45, 2.75) is 13.0 Å². The van der Waals surface area contributed by atoms with E-state index < -0.39 is 5.97 Å². The van der Waals surface area contributed by atoms with E-state index in [9.17, 15) is 9.90 Å². The summed E-state index contributed by atoms with van der Waals surface area (Å²) in [5, 5.41) is 20.5. The van der Waals surface area contributed by atoms with Crippen LogP contribution in [0.2, 0.25) is 0 Å². The summed E-state index contributed by atoms with van der Waals surface area (Å²) in [7, 11) is 3.97. The maximum absolute atomic E-state index is 11.3. The third-order valence-electron chi connectivity index (χ3n) is 2.93.